The van der Waals surface area contributed by atoms with Crippen LogP contribution in [-0.4, -0.2) is 18.6 Å². The van der Waals surface area contributed by atoms with Gasteiger partial charge in [-0.25, -0.2) is 4.39 Å². The largest absolute Gasteiger partial charge is 0.485 e. The summed E-state index contributed by atoms with van der Waals surface area (Å²) in [5.74, 6) is 0.361. The number of rotatable bonds is 2. The van der Waals surface area contributed by atoms with Crippen molar-refractivity contribution in [3.63, 3.8) is 0 Å². The van der Waals surface area contributed by atoms with Crippen LogP contribution in [-0.2, 0) is 4.79 Å². The van der Waals surface area contributed by atoms with E-state index in [9.17, 15) is 9.18 Å². The van der Waals surface area contributed by atoms with E-state index in [1.165, 1.54) is 18.2 Å². The van der Waals surface area contributed by atoms with Crippen LogP contribution in [0.3, 0.4) is 0 Å². The lowest BCUT2D eigenvalue weighted by Crippen LogP contribution is -2.40. The molecule has 2 aromatic rings. The average molecular weight is 273 g/mol. The van der Waals surface area contributed by atoms with Gasteiger partial charge in [-0.3, -0.25) is 4.79 Å². The average Bonchev–Trinajstić information content (AvgIpc) is 2.47. The van der Waals surface area contributed by atoms with E-state index in [4.69, 9.17) is 9.47 Å². The molecule has 4 nitrogen and oxygen atoms in total. The molecule has 0 fully saturated rings. The number of ether oxygens (including phenoxy) is 2. The zero-order valence-corrected chi connectivity index (χ0v) is 10.5. The maximum atomic E-state index is 13.0. The fourth-order valence-corrected chi connectivity index (χ4v) is 1.94. The Balaban J connectivity index is 1.70. The van der Waals surface area contributed by atoms with Crippen molar-refractivity contribution in [2.75, 3.05) is 11.9 Å². The first-order valence-corrected chi connectivity index (χ1v) is 6.17. The van der Waals surface area contributed by atoms with Crippen LogP contribution >= 0.6 is 0 Å². The molecule has 1 aliphatic heterocycles. The smallest absolute Gasteiger partial charge is 0.269 e. The van der Waals surface area contributed by atoms with Crippen molar-refractivity contribution in [2.24, 2.45) is 0 Å². The molecule has 0 bridgehead atoms. The van der Waals surface area contributed by atoms with Gasteiger partial charge in [0.05, 0.1) is 0 Å². The van der Waals surface area contributed by atoms with Crippen LogP contribution in [0.15, 0.2) is 48.5 Å². The number of nitrogens with one attached hydrogen (secondary N) is 1. The van der Waals surface area contributed by atoms with Crippen molar-refractivity contribution in [3.05, 3.63) is 54.3 Å². The highest BCUT2D eigenvalue weighted by Gasteiger charge is 2.27. The molecule has 0 saturated heterocycles. The molecule has 1 aliphatic rings. The Morgan fingerprint density at radius 2 is 1.95 bits per heavy atom. The minimum absolute atomic E-state index is 0.123. The SMILES string of the molecule is O=C(Nc1cccc(F)c1)C1COc2ccccc2O1. The first-order valence-electron chi connectivity index (χ1n) is 6.17. The summed E-state index contributed by atoms with van der Waals surface area (Å²) in [5, 5.41) is 2.60. The molecule has 3 rings (SSSR count). The zero-order valence-electron chi connectivity index (χ0n) is 10.5. The standard InChI is InChI=1S/C15H12FNO3/c16-10-4-3-5-11(8-10)17-15(18)14-9-19-12-6-1-2-7-13(12)20-14/h1-8,14H,9H2,(H,17,18). The van der Waals surface area contributed by atoms with E-state index in [1.54, 1.807) is 24.3 Å². The van der Waals surface area contributed by atoms with Gasteiger partial charge < -0.3 is 14.8 Å². The van der Waals surface area contributed by atoms with E-state index in [1.807, 2.05) is 6.07 Å². The lowest BCUT2D eigenvalue weighted by atomic mass is 10.2. The minimum Gasteiger partial charge on any atom is -0.485 e. The molecule has 0 radical (unpaired) electrons. The van der Waals surface area contributed by atoms with Gasteiger partial charge in [-0.15, -0.1) is 0 Å². The number of amides is 1. The Morgan fingerprint density at radius 3 is 2.75 bits per heavy atom. The molecule has 0 saturated carbocycles. The van der Waals surface area contributed by atoms with Crippen LogP contribution < -0.4 is 14.8 Å². The minimum atomic E-state index is -0.756. The number of hydrogen-bond donors (Lipinski definition) is 1. The Hall–Kier alpha value is -2.56. The Bertz CT molecular complexity index is 645. The number of carbonyl (C=O) groups excluding carboxylic acids is 1. The summed E-state index contributed by atoms with van der Waals surface area (Å²) in [6.45, 7) is 0.123. The highest BCUT2D eigenvalue weighted by Crippen LogP contribution is 2.31. The monoisotopic (exact) mass is 273 g/mol. The third kappa shape index (κ3) is 2.56. The number of anilines is 1. The summed E-state index contributed by atoms with van der Waals surface area (Å²) in [7, 11) is 0. The van der Waals surface area contributed by atoms with Gasteiger partial charge in [0.15, 0.2) is 11.5 Å². The van der Waals surface area contributed by atoms with E-state index in [-0.39, 0.29) is 12.5 Å². The third-order valence-electron chi connectivity index (χ3n) is 2.89. The molecule has 1 N–H and O–H groups in total. The van der Waals surface area contributed by atoms with Gasteiger partial charge in [0.25, 0.3) is 5.91 Å². The molecule has 20 heavy (non-hydrogen) atoms. The first-order chi connectivity index (χ1) is 9.72. The fraction of sp³-hybridized carbons (Fsp3) is 0.133. The molecule has 1 unspecified atom stereocenters. The Labute approximate surface area is 115 Å². The fourth-order valence-electron chi connectivity index (χ4n) is 1.94. The summed E-state index contributed by atoms with van der Waals surface area (Å²) in [6.07, 6.45) is -0.756. The topological polar surface area (TPSA) is 47.6 Å². The Kier molecular flexibility index (Phi) is 3.25. The summed E-state index contributed by atoms with van der Waals surface area (Å²) in [5.41, 5.74) is 0.387. The first kappa shape index (κ1) is 12.5. The van der Waals surface area contributed by atoms with Gasteiger partial charge in [0.2, 0.25) is 6.10 Å². The number of para-hydroxylation sites is 2. The van der Waals surface area contributed by atoms with Gasteiger partial charge in [-0.2, -0.15) is 0 Å². The third-order valence-corrected chi connectivity index (χ3v) is 2.89. The molecule has 2 aromatic carbocycles. The molecular formula is C15H12FNO3. The molecule has 1 atom stereocenters. The normalized spacial score (nSPS) is 16.6. The molecule has 0 spiro atoms. The van der Waals surface area contributed by atoms with Gasteiger partial charge in [-0.1, -0.05) is 18.2 Å². The Morgan fingerprint density at radius 1 is 1.15 bits per heavy atom. The van der Waals surface area contributed by atoms with Crippen molar-refractivity contribution >= 4 is 11.6 Å². The van der Waals surface area contributed by atoms with Gasteiger partial charge in [-0.05, 0) is 30.3 Å². The van der Waals surface area contributed by atoms with Crippen molar-refractivity contribution < 1.29 is 18.7 Å². The highest BCUT2D eigenvalue weighted by molar-refractivity contribution is 5.94. The van der Waals surface area contributed by atoms with E-state index >= 15 is 0 Å². The second kappa shape index (κ2) is 5.21. The van der Waals surface area contributed by atoms with Crippen molar-refractivity contribution in [1.82, 2.24) is 0 Å². The number of fused-ring (bicyclic) bond motifs is 1. The molecule has 1 heterocycles. The number of benzene rings is 2. The van der Waals surface area contributed by atoms with Crippen LogP contribution in [0.5, 0.6) is 11.5 Å². The molecule has 1 amide bonds. The summed E-state index contributed by atoms with van der Waals surface area (Å²) in [4.78, 5) is 12.1. The highest BCUT2D eigenvalue weighted by atomic mass is 19.1. The van der Waals surface area contributed by atoms with Crippen LogP contribution in [0.1, 0.15) is 0 Å². The summed E-state index contributed by atoms with van der Waals surface area (Å²) < 4.78 is 24.1. The van der Waals surface area contributed by atoms with E-state index in [0.717, 1.165) is 0 Å². The number of hydrogen-bond acceptors (Lipinski definition) is 3. The molecular weight excluding hydrogens is 261 g/mol. The second-order valence-electron chi connectivity index (χ2n) is 4.36. The lowest BCUT2D eigenvalue weighted by molar-refractivity contribution is -0.125. The quantitative estimate of drug-likeness (QED) is 0.915. The summed E-state index contributed by atoms with van der Waals surface area (Å²) in [6, 6.07) is 12.8. The zero-order chi connectivity index (χ0) is 13.9. The summed E-state index contributed by atoms with van der Waals surface area (Å²) >= 11 is 0. The van der Waals surface area contributed by atoms with Crippen molar-refractivity contribution in [1.29, 1.82) is 0 Å². The van der Waals surface area contributed by atoms with Crippen molar-refractivity contribution in [2.45, 2.75) is 6.10 Å². The molecule has 102 valence electrons. The maximum Gasteiger partial charge on any atom is 0.269 e. The molecule has 5 heteroatoms. The van der Waals surface area contributed by atoms with Crippen LogP contribution in [0, 0.1) is 5.82 Å². The van der Waals surface area contributed by atoms with Crippen LogP contribution in [0.25, 0.3) is 0 Å². The molecule has 0 aliphatic carbocycles. The van der Waals surface area contributed by atoms with E-state index in [0.29, 0.717) is 17.2 Å². The van der Waals surface area contributed by atoms with Gasteiger partial charge in [0, 0.05) is 5.69 Å². The number of halogens is 1. The number of carbonyl (C=O) groups is 1. The van der Waals surface area contributed by atoms with Gasteiger partial charge >= 0.3 is 0 Å². The van der Waals surface area contributed by atoms with E-state index in [2.05, 4.69) is 5.32 Å². The maximum absolute atomic E-state index is 13.0. The van der Waals surface area contributed by atoms with E-state index < -0.39 is 11.9 Å². The van der Waals surface area contributed by atoms with Gasteiger partial charge in [0.1, 0.15) is 12.4 Å². The molecule has 0 aromatic heterocycles. The van der Waals surface area contributed by atoms with Crippen LogP contribution in [0.4, 0.5) is 10.1 Å². The second-order valence-corrected chi connectivity index (χ2v) is 4.36. The lowest BCUT2D eigenvalue weighted by Gasteiger charge is -2.25. The van der Waals surface area contributed by atoms with Crippen LogP contribution in [0.2, 0.25) is 0 Å². The predicted molar refractivity (Wildman–Crippen MR) is 71.4 cm³/mol. The predicted octanol–water partition coefficient (Wildman–Crippen LogP) is 2.60. The van der Waals surface area contributed by atoms with Crippen molar-refractivity contribution in [3.8, 4) is 11.5 Å².